The monoisotopic (exact) mass is 115 g/mol. The van der Waals surface area contributed by atoms with E-state index in [1.54, 1.807) is 0 Å². The van der Waals surface area contributed by atoms with Crippen molar-refractivity contribution in [3.63, 3.8) is 0 Å². The largest absolute Gasteiger partial charge is 0.236 e. The number of hydrogen-bond donors (Lipinski definition) is 0. The number of rotatable bonds is 2. The average molecular weight is 115 g/mol. The zero-order chi connectivity index (χ0) is 6.78. The first-order valence-corrected chi connectivity index (χ1v) is 3.09. The molecule has 0 fully saturated rings. The highest BCUT2D eigenvalue weighted by Crippen LogP contribution is 2.24. The van der Waals surface area contributed by atoms with Gasteiger partial charge in [-0.2, -0.15) is 0 Å². The summed E-state index contributed by atoms with van der Waals surface area (Å²) in [6, 6.07) is 0. The minimum absolute atomic E-state index is 0.0139. The molecule has 49 valence electrons. The molecule has 8 heavy (non-hydrogen) atoms. The second-order valence-corrected chi connectivity index (χ2v) is 3.29. The van der Waals surface area contributed by atoms with Crippen LogP contribution in [0.3, 0.4) is 0 Å². The number of hydrogen-bond acceptors (Lipinski definition) is 0. The lowest BCUT2D eigenvalue weighted by Gasteiger charge is -2.24. The molecule has 0 heterocycles. The third-order valence-electron chi connectivity index (χ3n) is 1.93. The van der Waals surface area contributed by atoms with Crippen molar-refractivity contribution < 1.29 is 5.11 Å². The van der Waals surface area contributed by atoms with Gasteiger partial charge in [0.05, 0.1) is 6.61 Å². The fourth-order valence-electron chi connectivity index (χ4n) is 0.167. The van der Waals surface area contributed by atoms with Gasteiger partial charge in [-0.25, -0.2) is 5.11 Å². The van der Waals surface area contributed by atoms with Crippen molar-refractivity contribution in [1.29, 1.82) is 0 Å². The Morgan fingerprint density at radius 3 is 1.75 bits per heavy atom. The molecule has 0 aliphatic rings. The summed E-state index contributed by atoms with van der Waals surface area (Å²) in [4.78, 5) is 0. The first-order chi connectivity index (χ1) is 3.50. The summed E-state index contributed by atoms with van der Waals surface area (Å²) in [7, 11) is 0. The van der Waals surface area contributed by atoms with Gasteiger partial charge in [0.2, 0.25) is 0 Å². The summed E-state index contributed by atoms with van der Waals surface area (Å²) in [6.07, 6.45) is 0. The highest BCUT2D eigenvalue weighted by atomic mass is 16.3. The molecule has 0 aliphatic carbocycles. The molecule has 0 unspecified atom stereocenters. The molecule has 0 saturated heterocycles. The van der Waals surface area contributed by atoms with Crippen molar-refractivity contribution in [1.82, 2.24) is 0 Å². The summed E-state index contributed by atoms with van der Waals surface area (Å²) >= 11 is 0. The predicted molar refractivity (Wildman–Crippen MR) is 34.2 cm³/mol. The van der Waals surface area contributed by atoms with Crippen molar-refractivity contribution in [2.45, 2.75) is 27.7 Å². The van der Waals surface area contributed by atoms with Gasteiger partial charge in [0.25, 0.3) is 0 Å². The van der Waals surface area contributed by atoms with E-state index in [0.29, 0.717) is 5.92 Å². The minimum Gasteiger partial charge on any atom is -0.236 e. The van der Waals surface area contributed by atoms with Gasteiger partial charge in [0.1, 0.15) is 0 Å². The van der Waals surface area contributed by atoms with Gasteiger partial charge in [-0.1, -0.05) is 27.7 Å². The van der Waals surface area contributed by atoms with E-state index in [4.69, 9.17) is 0 Å². The van der Waals surface area contributed by atoms with Gasteiger partial charge >= 0.3 is 0 Å². The molecule has 0 bridgehead atoms. The minimum atomic E-state index is -0.0139. The molecule has 1 nitrogen and oxygen atoms in total. The van der Waals surface area contributed by atoms with Crippen molar-refractivity contribution in [2.24, 2.45) is 11.3 Å². The molecule has 0 aromatic rings. The summed E-state index contributed by atoms with van der Waals surface area (Å²) < 4.78 is 0. The van der Waals surface area contributed by atoms with Crippen LogP contribution in [-0.2, 0) is 5.11 Å². The van der Waals surface area contributed by atoms with Gasteiger partial charge in [-0.15, -0.1) is 0 Å². The molecule has 0 aromatic carbocycles. The molecular weight excluding hydrogens is 100 g/mol. The summed E-state index contributed by atoms with van der Waals surface area (Å²) in [5, 5.41) is 10.4. The van der Waals surface area contributed by atoms with Crippen molar-refractivity contribution in [3.8, 4) is 0 Å². The fraction of sp³-hybridized carbons (Fsp3) is 1.00. The van der Waals surface area contributed by atoms with Crippen LogP contribution in [0.2, 0.25) is 0 Å². The van der Waals surface area contributed by atoms with E-state index in [0.717, 1.165) is 0 Å². The molecule has 0 aromatic heterocycles. The van der Waals surface area contributed by atoms with Crippen LogP contribution in [-0.4, -0.2) is 6.61 Å². The molecule has 0 rings (SSSR count). The van der Waals surface area contributed by atoms with E-state index >= 15 is 0 Å². The Hall–Kier alpha value is -0.0400. The molecule has 1 heteroatoms. The third-order valence-corrected chi connectivity index (χ3v) is 1.93. The predicted octanol–water partition coefficient (Wildman–Crippen LogP) is 2.10. The van der Waals surface area contributed by atoms with E-state index in [1.165, 1.54) is 0 Å². The van der Waals surface area contributed by atoms with E-state index < -0.39 is 0 Å². The van der Waals surface area contributed by atoms with E-state index in [9.17, 15) is 5.11 Å². The second-order valence-electron chi connectivity index (χ2n) is 3.29. The zero-order valence-electron chi connectivity index (χ0n) is 6.19. The van der Waals surface area contributed by atoms with E-state index in [1.807, 2.05) is 13.8 Å². The summed E-state index contributed by atoms with van der Waals surface area (Å²) in [5.74, 6) is 0.500. The fourth-order valence-corrected chi connectivity index (χ4v) is 0.167. The Morgan fingerprint density at radius 1 is 1.38 bits per heavy atom. The van der Waals surface area contributed by atoms with Crippen molar-refractivity contribution in [3.05, 3.63) is 0 Å². The first kappa shape index (κ1) is 7.96. The van der Waals surface area contributed by atoms with Crippen LogP contribution in [0, 0.1) is 11.3 Å². The van der Waals surface area contributed by atoms with Crippen LogP contribution < -0.4 is 0 Å². The molecule has 0 atom stereocenters. The Kier molecular flexibility index (Phi) is 2.48. The second kappa shape index (κ2) is 2.49. The van der Waals surface area contributed by atoms with Crippen molar-refractivity contribution >= 4 is 0 Å². The van der Waals surface area contributed by atoms with Gasteiger partial charge < -0.3 is 0 Å². The SMILES string of the molecule is CC(C)C(C)(C)C[O]. The standard InChI is InChI=1S/C7H15O/c1-6(2)7(3,4)5-8/h6H,5H2,1-4H3. The maximum atomic E-state index is 10.4. The maximum Gasteiger partial charge on any atom is 0.0875 e. The third kappa shape index (κ3) is 1.83. The molecule has 0 amide bonds. The smallest absolute Gasteiger partial charge is 0.0875 e. The van der Waals surface area contributed by atoms with Crippen LogP contribution in [0.4, 0.5) is 0 Å². The van der Waals surface area contributed by atoms with Crippen LogP contribution in [0.25, 0.3) is 0 Å². The van der Waals surface area contributed by atoms with Crippen LogP contribution in [0.15, 0.2) is 0 Å². The summed E-state index contributed by atoms with van der Waals surface area (Å²) in [6.45, 7) is 8.20. The molecule has 0 spiro atoms. The summed E-state index contributed by atoms with van der Waals surface area (Å²) in [5.41, 5.74) is -0.0139. The Balaban J connectivity index is 3.71. The Bertz CT molecular complexity index is 64.8. The lowest BCUT2D eigenvalue weighted by molar-refractivity contribution is 0.0606. The Morgan fingerprint density at radius 2 is 1.75 bits per heavy atom. The van der Waals surface area contributed by atoms with Gasteiger partial charge in [-0.3, -0.25) is 0 Å². The lowest BCUT2D eigenvalue weighted by atomic mass is 9.82. The Labute approximate surface area is 51.7 Å². The first-order valence-electron chi connectivity index (χ1n) is 3.09. The maximum absolute atomic E-state index is 10.4. The van der Waals surface area contributed by atoms with Crippen LogP contribution >= 0.6 is 0 Å². The normalized spacial score (nSPS) is 12.8. The van der Waals surface area contributed by atoms with Gasteiger partial charge in [0.15, 0.2) is 0 Å². The van der Waals surface area contributed by atoms with Crippen molar-refractivity contribution in [2.75, 3.05) is 6.61 Å². The molecule has 0 N–H and O–H groups in total. The molecule has 0 aliphatic heterocycles. The molecule has 0 saturated carbocycles. The molecule has 1 radical (unpaired) electrons. The lowest BCUT2D eigenvalue weighted by Crippen LogP contribution is -2.22. The van der Waals surface area contributed by atoms with E-state index in [2.05, 4.69) is 13.8 Å². The van der Waals surface area contributed by atoms with Gasteiger partial charge in [-0.05, 0) is 11.3 Å². The highest BCUT2D eigenvalue weighted by Gasteiger charge is 2.21. The topological polar surface area (TPSA) is 19.9 Å². The average Bonchev–Trinajstić information content (AvgIpc) is 1.67. The van der Waals surface area contributed by atoms with Crippen LogP contribution in [0.5, 0.6) is 0 Å². The van der Waals surface area contributed by atoms with E-state index in [-0.39, 0.29) is 12.0 Å². The van der Waals surface area contributed by atoms with Gasteiger partial charge in [0, 0.05) is 0 Å². The highest BCUT2D eigenvalue weighted by molar-refractivity contribution is 4.69. The van der Waals surface area contributed by atoms with Crippen LogP contribution in [0.1, 0.15) is 27.7 Å². The quantitative estimate of drug-likeness (QED) is 0.525. The molecular formula is C7H15O. The zero-order valence-corrected chi connectivity index (χ0v) is 6.19.